The van der Waals surface area contributed by atoms with E-state index >= 15 is 0 Å². The zero-order valence-corrected chi connectivity index (χ0v) is 9.93. The normalized spacial score (nSPS) is 10.3. The van der Waals surface area contributed by atoms with E-state index in [1.54, 1.807) is 6.07 Å². The summed E-state index contributed by atoms with van der Waals surface area (Å²) in [6.07, 6.45) is 4.39. The van der Waals surface area contributed by atoms with E-state index in [2.05, 4.69) is 5.32 Å². The van der Waals surface area contributed by atoms with Gasteiger partial charge in [0.05, 0.1) is 11.8 Å². The van der Waals surface area contributed by atoms with Gasteiger partial charge < -0.3 is 14.8 Å². The van der Waals surface area contributed by atoms with E-state index < -0.39 is 0 Å². The fourth-order valence-corrected chi connectivity index (χ4v) is 1.68. The topological polar surface area (TPSA) is 62.5 Å². The molecule has 0 aliphatic carbocycles. The SMILES string of the molecule is O=C(Nc1cccc(CCCO)c1)c1ccoc1. The molecule has 0 saturated carbocycles. The Hall–Kier alpha value is -2.07. The van der Waals surface area contributed by atoms with Gasteiger partial charge in [0, 0.05) is 12.3 Å². The molecule has 0 aliphatic rings. The average Bonchev–Trinajstić information content (AvgIpc) is 2.91. The second kappa shape index (κ2) is 6.02. The molecule has 18 heavy (non-hydrogen) atoms. The number of aliphatic hydroxyl groups is 1. The highest BCUT2D eigenvalue weighted by Gasteiger charge is 2.07. The quantitative estimate of drug-likeness (QED) is 0.850. The molecule has 0 saturated heterocycles. The molecule has 0 fully saturated rings. The van der Waals surface area contributed by atoms with Crippen LogP contribution < -0.4 is 5.32 Å². The van der Waals surface area contributed by atoms with Gasteiger partial charge in [-0.25, -0.2) is 0 Å². The summed E-state index contributed by atoms with van der Waals surface area (Å²) >= 11 is 0. The molecule has 94 valence electrons. The van der Waals surface area contributed by atoms with Crippen molar-refractivity contribution in [3.05, 3.63) is 54.0 Å². The maximum absolute atomic E-state index is 11.8. The van der Waals surface area contributed by atoms with Crippen molar-refractivity contribution < 1.29 is 14.3 Å². The van der Waals surface area contributed by atoms with Crippen molar-refractivity contribution in [1.29, 1.82) is 0 Å². The Bertz CT molecular complexity index is 506. The summed E-state index contributed by atoms with van der Waals surface area (Å²) in [7, 11) is 0. The molecular weight excluding hydrogens is 230 g/mol. The summed E-state index contributed by atoms with van der Waals surface area (Å²) < 4.78 is 4.86. The average molecular weight is 245 g/mol. The fourth-order valence-electron chi connectivity index (χ4n) is 1.68. The van der Waals surface area contributed by atoms with Crippen molar-refractivity contribution in [2.24, 2.45) is 0 Å². The van der Waals surface area contributed by atoms with E-state index in [-0.39, 0.29) is 12.5 Å². The number of carbonyl (C=O) groups is 1. The molecule has 0 radical (unpaired) electrons. The zero-order chi connectivity index (χ0) is 12.8. The molecule has 0 bridgehead atoms. The van der Waals surface area contributed by atoms with Crippen LogP contribution in [0.3, 0.4) is 0 Å². The number of hydrogen-bond acceptors (Lipinski definition) is 3. The molecule has 1 aromatic carbocycles. The van der Waals surface area contributed by atoms with Crippen LogP contribution in [0.25, 0.3) is 0 Å². The van der Waals surface area contributed by atoms with Crippen LogP contribution in [0.1, 0.15) is 22.3 Å². The summed E-state index contributed by atoms with van der Waals surface area (Å²) in [5.74, 6) is -0.192. The number of amides is 1. The second-order valence-corrected chi connectivity index (χ2v) is 3.99. The zero-order valence-electron chi connectivity index (χ0n) is 9.93. The lowest BCUT2D eigenvalue weighted by Gasteiger charge is -2.06. The van der Waals surface area contributed by atoms with Crippen LogP contribution in [0.4, 0.5) is 5.69 Å². The van der Waals surface area contributed by atoms with Crippen LogP contribution in [-0.4, -0.2) is 17.6 Å². The van der Waals surface area contributed by atoms with Crippen LogP contribution >= 0.6 is 0 Å². The smallest absolute Gasteiger partial charge is 0.258 e. The van der Waals surface area contributed by atoms with Gasteiger partial charge in [-0.05, 0) is 36.6 Å². The summed E-state index contributed by atoms with van der Waals surface area (Å²) in [5.41, 5.74) is 2.33. The lowest BCUT2D eigenvalue weighted by atomic mass is 10.1. The van der Waals surface area contributed by atoms with E-state index in [1.165, 1.54) is 12.5 Å². The Kier molecular flexibility index (Phi) is 4.15. The van der Waals surface area contributed by atoms with E-state index in [1.807, 2.05) is 24.3 Å². The minimum atomic E-state index is -0.192. The maximum atomic E-state index is 11.8. The second-order valence-electron chi connectivity index (χ2n) is 3.99. The molecule has 0 atom stereocenters. The molecule has 2 aromatic rings. The predicted octanol–water partition coefficient (Wildman–Crippen LogP) is 2.46. The minimum absolute atomic E-state index is 0.172. The Labute approximate surface area is 105 Å². The lowest BCUT2D eigenvalue weighted by Crippen LogP contribution is -2.10. The van der Waals surface area contributed by atoms with Crippen molar-refractivity contribution in [3.63, 3.8) is 0 Å². The number of furan rings is 1. The first kappa shape index (κ1) is 12.4. The fraction of sp³-hybridized carbons (Fsp3) is 0.214. The highest BCUT2D eigenvalue weighted by atomic mass is 16.3. The summed E-state index contributed by atoms with van der Waals surface area (Å²) in [6.45, 7) is 0.172. The molecule has 1 amide bonds. The van der Waals surface area contributed by atoms with Crippen molar-refractivity contribution in [1.82, 2.24) is 0 Å². The van der Waals surface area contributed by atoms with Crippen molar-refractivity contribution in [3.8, 4) is 0 Å². The van der Waals surface area contributed by atoms with Gasteiger partial charge >= 0.3 is 0 Å². The number of benzene rings is 1. The molecule has 1 heterocycles. The van der Waals surface area contributed by atoms with E-state index in [4.69, 9.17) is 9.52 Å². The molecule has 2 N–H and O–H groups in total. The number of hydrogen-bond donors (Lipinski definition) is 2. The van der Waals surface area contributed by atoms with Gasteiger partial charge in [0.15, 0.2) is 0 Å². The Morgan fingerprint density at radius 2 is 2.22 bits per heavy atom. The van der Waals surface area contributed by atoms with Gasteiger partial charge in [0.1, 0.15) is 6.26 Å². The standard InChI is InChI=1S/C14H15NO3/c16-7-2-4-11-3-1-5-13(9-11)15-14(17)12-6-8-18-10-12/h1,3,5-6,8-10,16H,2,4,7H2,(H,15,17). The van der Waals surface area contributed by atoms with Crippen LogP contribution in [0, 0.1) is 0 Å². The van der Waals surface area contributed by atoms with E-state index in [9.17, 15) is 4.79 Å². The maximum Gasteiger partial charge on any atom is 0.258 e. The minimum Gasteiger partial charge on any atom is -0.472 e. The molecule has 0 spiro atoms. The van der Waals surface area contributed by atoms with Gasteiger partial charge in [-0.3, -0.25) is 4.79 Å². The largest absolute Gasteiger partial charge is 0.472 e. The third kappa shape index (κ3) is 3.21. The molecular formula is C14H15NO3. The predicted molar refractivity (Wildman–Crippen MR) is 68.5 cm³/mol. The highest BCUT2D eigenvalue weighted by molar-refractivity contribution is 6.03. The Morgan fingerprint density at radius 1 is 1.33 bits per heavy atom. The number of carbonyl (C=O) groups excluding carboxylic acids is 1. The van der Waals surface area contributed by atoms with Crippen LogP contribution in [0.2, 0.25) is 0 Å². The first-order chi connectivity index (χ1) is 8.79. The van der Waals surface area contributed by atoms with E-state index in [0.717, 1.165) is 24.1 Å². The van der Waals surface area contributed by atoms with Crippen molar-refractivity contribution in [2.75, 3.05) is 11.9 Å². The van der Waals surface area contributed by atoms with Gasteiger partial charge in [-0.2, -0.15) is 0 Å². The summed E-state index contributed by atoms with van der Waals surface area (Å²) in [5, 5.41) is 11.6. The first-order valence-corrected chi connectivity index (χ1v) is 5.83. The number of anilines is 1. The van der Waals surface area contributed by atoms with Crippen molar-refractivity contribution >= 4 is 11.6 Å². The van der Waals surface area contributed by atoms with Crippen molar-refractivity contribution in [2.45, 2.75) is 12.8 Å². The third-order valence-electron chi connectivity index (χ3n) is 2.59. The monoisotopic (exact) mass is 245 g/mol. The number of aryl methyl sites for hydroxylation is 1. The number of nitrogens with one attached hydrogen (secondary N) is 1. The molecule has 4 nitrogen and oxygen atoms in total. The van der Waals surface area contributed by atoms with Gasteiger partial charge in [0.25, 0.3) is 5.91 Å². The molecule has 1 aromatic heterocycles. The highest BCUT2D eigenvalue weighted by Crippen LogP contribution is 2.13. The molecule has 0 aliphatic heterocycles. The van der Waals surface area contributed by atoms with Crippen LogP contribution in [-0.2, 0) is 6.42 Å². The van der Waals surface area contributed by atoms with Gasteiger partial charge in [-0.1, -0.05) is 12.1 Å². The summed E-state index contributed by atoms with van der Waals surface area (Å²) in [4.78, 5) is 11.8. The molecule has 4 heteroatoms. The Morgan fingerprint density at radius 3 is 2.94 bits per heavy atom. The van der Waals surface area contributed by atoms with Crippen LogP contribution in [0.5, 0.6) is 0 Å². The third-order valence-corrected chi connectivity index (χ3v) is 2.59. The van der Waals surface area contributed by atoms with Gasteiger partial charge in [-0.15, -0.1) is 0 Å². The molecule has 0 unspecified atom stereocenters. The number of rotatable bonds is 5. The molecule has 2 rings (SSSR count). The number of aliphatic hydroxyl groups excluding tert-OH is 1. The van der Waals surface area contributed by atoms with E-state index in [0.29, 0.717) is 5.56 Å². The Balaban J connectivity index is 2.03. The first-order valence-electron chi connectivity index (χ1n) is 5.83. The lowest BCUT2D eigenvalue weighted by molar-refractivity contribution is 0.102. The van der Waals surface area contributed by atoms with Crippen LogP contribution in [0.15, 0.2) is 47.3 Å². The summed E-state index contributed by atoms with van der Waals surface area (Å²) in [6, 6.07) is 9.22. The van der Waals surface area contributed by atoms with Gasteiger partial charge in [0.2, 0.25) is 0 Å².